The molecule has 0 saturated heterocycles. The molecule has 1 N–H and O–H groups in total. The minimum absolute atomic E-state index is 0.323. The topological polar surface area (TPSA) is 60.3 Å². The molecule has 2 aromatic rings. The molecule has 5 nitrogen and oxygen atoms in total. The summed E-state index contributed by atoms with van der Waals surface area (Å²) in [5.41, 5.74) is 1.92. The molecule has 0 unspecified atom stereocenters. The van der Waals surface area contributed by atoms with Crippen molar-refractivity contribution in [3.8, 4) is 17.2 Å². The maximum absolute atomic E-state index is 8.67. The molecule has 2 rings (SSSR count). The van der Waals surface area contributed by atoms with Crippen molar-refractivity contribution in [2.45, 2.75) is 26.7 Å². The standard InChI is InChI=1S/C20H24ClNO4/c1-3-5-15-6-8-17(9-7-15)25-10-11-26-20-18(21)12-16(14-22-23)13-19(20)24-4-2/h6-9,12-14,23H,3-5,10-11H2,1-2H3. The van der Waals surface area contributed by atoms with Crippen LogP contribution in [0.25, 0.3) is 0 Å². The van der Waals surface area contributed by atoms with Gasteiger partial charge in [-0.1, -0.05) is 42.2 Å². The van der Waals surface area contributed by atoms with Crippen molar-refractivity contribution in [2.24, 2.45) is 5.16 Å². The molecule has 0 heterocycles. The Labute approximate surface area is 159 Å². The largest absolute Gasteiger partial charge is 0.490 e. The third-order valence-corrected chi connectivity index (χ3v) is 3.88. The number of hydrogen-bond acceptors (Lipinski definition) is 5. The van der Waals surface area contributed by atoms with Gasteiger partial charge >= 0.3 is 0 Å². The van der Waals surface area contributed by atoms with Crippen molar-refractivity contribution < 1.29 is 19.4 Å². The molecule has 0 atom stereocenters. The van der Waals surface area contributed by atoms with Gasteiger partial charge in [0.2, 0.25) is 0 Å². The third kappa shape index (κ3) is 5.85. The van der Waals surface area contributed by atoms with E-state index < -0.39 is 0 Å². The van der Waals surface area contributed by atoms with E-state index in [1.807, 2.05) is 19.1 Å². The van der Waals surface area contributed by atoms with Crippen LogP contribution in [0.15, 0.2) is 41.6 Å². The molecule has 0 aliphatic rings. The molecule has 0 fully saturated rings. The molecule has 0 aliphatic heterocycles. The first-order valence-corrected chi connectivity index (χ1v) is 9.04. The van der Waals surface area contributed by atoms with Crippen LogP contribution in [0.3, 0.4) is 0 Å². The van der Waals surface area contributed by atoms with Crippen LogP contribution in [-0.2, 0) is 6.42 Å². The normalized spacial score (nSPS) is 10.9. The molecule has 0 aromatic heterocycles. The summed E-state index contributed by atoms with van der Waals surface area (Å²) in [6.07, 6.45) is 3.47. The fraction of sp³-hybridized carbons (Fsp3) is 0.350. The Morgan fingerprint density at radius 1 is 1.04 bits per heavy atom. The minimum atomic E-state index is 0.323. The highest BCUT2D eigenvalue weighted by molar-refractivity contribution is 6.32. The van der Waals surface area contributed by atoms with Crippen LogP contribution >= 0.6 is 11.6 Å². The van der Waals surface area contributed by atoms with E-state index in [2.05, 4.69) is 24.2 Å². The molecule has 0 saturated carbocycles. The van der Waals surface area contributed by atoms with E-state index in [9.17, 15) is 0 Å². The second-order valence-electron chi connectivity index (χ2n) is 5.60. The van der Waals surface area contributed by atoms with E-state index in [0.717, 1.165) is 18.6 Å². The molecule has 0 aliphatic carbocycles. The van der Waals surface area contributed by atoms with Crippen LogP contribution in [0.1, 0.15) is 31.4 Å². The van der Waals surface area contributed by atoms with Crippen LogP contribution in [0.5, 0.6) is 17.2 Å². The van der Waals surface area contributed by atoms with Gasteiger partial charge in [0.05, 0.1) is 17.8 Å². The first-order chi connectivity index (χ1) is 12.7. The number of halogens is 1. The molecule has 2 aromatic carbocycles. The lowest BCUT2D eigenvalue weighted by molar-refractivity contribution is 0.208. The van der Waals surface area contributed by atoms with Crippen molar-refractivity contribution in [2.75, 3.05) is 19.8 Å². The fourth-order valence-electron chi connectivity index (χ4n) is 2.48. The molecule has 0 amide bonds. The Hall–Kier alpha value is -2.40. The quantitative estimate of drug-likeness (QED) is 0.275. The second-order valence-corrected chi connectivity index (χ2v) is 6.01. The molecular weight excluding hydrogens is 354 g/mol. The van der Waals surface area contributed by atoms with Crippen LogP contribution in [0.4, 0.5) is 0 Å². The average Bonchev–Trinajstić information content (AvgIpc) is 2.62. The Balaban J connectivity index is 1.93. The number of hydrogen-bond donors (Lipinski definition) is 1. The van der Waals surface area contributed by atoms with Gasteiger partial charge in [0, 0.05) is 5.56 Å². The molecule has 26 heavy (non-hydrogen) atoms. The Morgan fingerprint density at radius 3 is 2.42 bits per heavy atom. The highest BCUT2D eigenvalue weighted by atomic mass is 35.5. The summed E-state index contributed by atoms with van der Waals surface area (Å²) in [6.45, 7) is 5.20. The molecule has 6 heteroatoms. The van der Waals surface area contributed by atoms with E-state index >= 15 is 0 Å². The van der Waals surface area contributed by atoms with Crippen LogP contribution in [0, 0.1) is 0 Å². The summed E-state index contributed by atoms with van der Waals surface area (Å²) in [5, 5.41) is 12.1. The molecule has 0 radical (unpaired) electrons. The Morgan fingerprint density at radius 2 is 1.77 bits per heavy atom. The SMILES string of the molecule is CCCc1ccc(OCCOc2c(Cl)cc(C=NO)cc2OCC)cc1. The number of aryl methyl sites for hydroxylation is 1. The smallest absolute Gasteiger partial charge is 0.179 e. The van der Waals surface area contributed by atoms with Gasteiger partial charge in [-0.05, 0) is 43.2 Å². The predicted octanol–water partition coefficient (Wildman–Crippen LogP) is 4.96. The minimum Gasteiger partial charge on any atom is -0.490 e. The van der Waals surface area contributed by atoms with Gasteiger partial charge in [0.25, 0.3) is 0 Å². The third-order valence-electron chi connectivity index (χ3n) is 3.60. The average molecular weight is 378 g/mol. The maximum Gasteiger partial charge on any atom is 0.179 e. The first-order valence-electron chi connectivity index (χ1n) is 8.66. The van der Waals surface area contributed by atoms with E-state index in [1.165, 1.54) is 11.8 Å². The molecule has 0 bridgehead atoms. The lowest BCUT2D eigenvalue weighted by Gasteiger charge is -2.14. The van der Waals surface area contributed by atoms with Gasteiger partial charge in [0.1, 0.15) is 19.0 Å². The van der Waals surface area contributed by atoms with Gasteiger partial charge in [0.15, 0.2) is 11.5 Å². The summed E-state index contributed by atoms with van der Waals surface area (Å²) in [6, 6.07) is 11.4. The Kier molecular flexibility index (Phi) is 8.09. The lowest BCUT2D eigenvalue weighted by Crippen LogP contribution is -2.10. The van der Waals surface area contributed by atoms with E-state index in [1.54, 1.807) is 12.1 Å². The Bertz CT molecular complexity index is 716. The number of nitrogens with zero attached hydrogens (tertiary/aromatic N) is 1. The summed E-state index contributed by atoms with van der Waals surface area (Å²) in [4.78, 5) is 0. The van der Waals surface area contributed by atoms with Gasteiger partial charge in [-0.15, -0.1) is 0 Å². The summed E-state index contributed by atoms with van der Waals surface area (Å²) in [7, 11) is 0. The highest BCUT2D eigenvalue weighted by Gasteiger charge is 2.12. The number of oxime groups is 1. The fourth-order valence-corrected chi connectivity index (χ4v) is 2.75. The number of ether oxygens (including phenoxy) is 3. The summed E-state index contributed by atoms with van der Waals surface area (Å²) in [5.74, 6) is 1.75. The van der Waals surface area contributed by atoms with Gasteiger partial charge in [-0.25, -0.2) is 0 Å². The molecule has 140 valence electrons. The zero-order chi connectivity index (χ0) is 18.8. The van der Waals surface area contributed by atoms with Crippen molar-refractivity contribution in [1.82, 2.24) is 0 Å². The van der Waals surface area contributed by atoms with Gasteiger partial charge in [-0.3, -0.25) is 0 Å². The van der Waals surface area contributed by atoms with Gasteiger partial charge < -0.3 is 19.4 Å². The lowest BCUT2D eigenvalue weighted by atomic mass is 10.1. The number of rotatable bonds is 10. The van der Waals surface area contributed by atoms with E-state index in [4.69, 9.17) is 31.0 Å². The van der Waals surface area contributed by atoms with Gasteiger partial charge in [-0.2, -0.15) is 0 Å². The monoisotopic (exact) mass is 377 g/mol. The highest BCUT2D eigenvalue weighted by Crippen LogP contribution is 2.36. The van der Waals surface area contributed by atoms with Crippen molar-refractivity contribution in [1.29, 1.82) is 0 Å². The first kappa shape index (κ1) is 19.9. The summed E-state index contributed by atoms with van der Waals surface area (Å²) >= 11 is 6.26. The zero-order valence-electron chi connectivity index (χ0n) is 15.1. The summed E-state index contributed by atoms with van der Waals surface area (Å²) < 4.78 is 17.0. The second kappa shape index (κ2) is 10.6. The maximum atomic E-state index is 8.67. The zero-order valence-corrected chi connectivity index (χ0v) is 15.8. The van der Waals surface area contributed by atoms with Crippen LogP contribution in [-0.4, -0.2) is 31.2 Å². The van der Waals surface area contributed by atoms with E-state index in [-0.39, 0.29) is 0 Å². The van der Waals surface area contributed by atoms with Crippen molar-refractivity contribution in [3.63, 3.8) is 0 Å². The van der Waals surface area contributed by atoms with Crippen molar-refractivity contribution >= 4 is 17.8 Å². The van der Waals surface area contributed by atoms with Crippen LogP contribution < -0.4 is 14.2 Å². The predicted molar refractivity (Wildman–Crippen MR) is 103 cm³/mol. The molecule has 0 spiro atoms. The van der Waals surface area contributed by atoms with Crippen molar-refractivity contribution in [3.05, 3.63) is 52.5 Å². The van der Waals surface area contributed by atoms with E-state index in [0.29, 0.717) is 41.9 Å². The molecular formula is C20H24ClNO4. The number of benzene rings is 2. The van der Waals surface area contributed by atoms with Crippen LogP contribution in [0.2, 0.25) is 5.02 Å².